The first-order chi connectivity index (χ1) is 12.4. The summed E-state index contributed by atoms with van der Waals surface area (Å²) in [4.78, 5) is 34.6. The van der Waals surface area contributed by atoms with Crippen molar-refractivity contribution < 1.29 is 14.7 Å². The van der Waals surface area contributed by atoms with Gasteiger partial charge in [-0.05, 0) is 17.4 Å². The molecule has 1 aliphatic heterocycles. The Morgan fingerprint density at radius 1 is 1.38 bits per heavy atom. The fourth-order valence-electron chi connectivity index (χ4n) is 2.93. The molecule has 0 aromatic carbocycles. The van der Waals surface area contributed by atoms with Gasteiger partial charge in [-0.25, -0.2) is 14.8 Å². The summed E-state index contributed by atoms with van der Waals surface area (Å²) in [6, 6.07) is 1.61. The molecule has 3 rings (SSSR count). The molecule has 1 aliphatic rings. The third-order valence-corrected chi connectivity index (χ3v) is 5.05. The van der Waals surface area contributed by atoms with Gasteiger partial charge in [-0.15, -0.1) is 11.3 Å². The Labute approximate surface area is 156 Å². The fraction of sp³-hybridized carbons (Fsp3) is 0.444. The molecule has 0 radical (unpaired) electrons. The highest BCUT2D eigenvalue weighted by Gasteiger charge is 2.22. The Balaban J connectivity index is 1.52. The molecule has 0 spiro atoms. The highest BCUT2D eigenvalue weighted by atomic mass is 32.1. The first-order valence-electron chi connectivity index (χ1n) is 8.59. The molecule has 2 aromatic rings. The maximum Gasteiger partial charge on any atom is 0.348 e. The molecule has 2 aromatic heterocycles. The molecule has 2 N–H and O–H groups in total. The van der Waals surface area contributed by atoms with Crippen LogP contribution in [-0.2, 0) is 24.3 Å². The third-order valence-electron chi connectivity index (χ3n) is 4.15. The number of nitrogens with one attached hydrogen (secondary N) is 1. The van der Waals surface area contributed by atoms with E-state index in [0.29, 0.717) is 24.6 Å². The third kappa shape index (κ3) is 4.44. The highest BCUT2D eigenvalue weighted by molar-refractivity contribution is 7.12. The number of fused-ring (bicyclic) bond motifs is 1. The van der Waals surface area contributed by atoms with Crippen LogP contribution in [0.2, 0.25) is 0 Å². The van der Waals surface area contributed by atoms with Crippen molar-refractivity contribution in [2.75, 3.05) is 11.9 Å². The number of carboxylic acids is 1. The van der Waals surface area contributed by atoms with E-state index in [2.05, 4.69) is 34.0 Å². The number of hydrogen-bond donors (Lipinski definition) is 2. The van der Waals surface area contributed by atoms with Gasteiger partial charge in [-0.2, -0.15) is 0 Å². The van der Waals surface area contributed by atoms with Crippen LogP contribution in [0.4, 0.5) is 5.69 Å². The zero-order valence-corrected chi connectivity index (χ0v) is 15.7. The smallest absolute Gasteiger partial charge is 0.348 e. The Bertz CT molecular complexity index is 819. The number of anilines is 1. The minimum Gasteiger partial charge on any atom is -0.477 e. The predicted molar refractivity (Wildman–Crippen MR) is 99.2 cm³/mol. The van der Waals surface area contributed by atoms with Crippen molar-refractivity contribution in [1.82, 2.24) is 14.9 Å². The largest absolute Gasteiger partial charge is 0.477 e. The average Bonchev–Trinajstić information content (AvgIpc) is 3.18. The van der Waals surface area contributed by atoms with E-state index in [1.807, 2.05) is 6.20 Å². The fourth-order valence-corrected chi connectivity index (χ4v) is 3.62. The molecule has 138 valence electrons. The summed E-state index contributed by atoms with van der Waals surface area (Å²) in [6.45, 7) is 6.34. The molecule has 0 unspecified atom stereocenters. The van der Waals surface area contributed by atoms with Gasteiger partial charge in [0.1, 0.15) is 10.7 Å². The van der Waals surface area contributed by atoms with Crippen molar-refractivity contribution in [2.45, 2.75) is 39.8 Å². The Morgan fingerprint density at radius 3 is 2.92 bits per heavy atom. The lowest BCUT2D eigenvalue weighted by Crippen LogP contribution is -2.23. The van der Waals surface area contributed by atoms with Gasteiger partial charge in [0, 0.05) is 44.2 Å². The lowest BCUT2D eigenvalue weighted by atomic mass is 10.1. The zero-order valence-electron chi connectivity index (χ0n) is 14.9. The number of carbonyl (C=O) groups excluding carboxylic acids is 1. The van der Waals surface area contributed by atoms with E-state index in [1.54, 1.807) is 11.4 Å². The van der Waals surface area contributed by atoms with Crippen molar-refractivity contribution >= 4 is 28.9 Å². The summed E-state index contributed by atoms with van der Waals surface area (Å²) in [5, 5.41) is 13.4. The molecule has 0 atom stereocenters. The molecular formula is C18H22N4O3S. The van der Waals surface area contributed by atoms with E-state index in [0.717, 1.165) is 47.9 Å². The molecule has 3 heterocycles. The van der Waals surface area contributed by atoms with Gasteiger partial charge in [0.2, 0.25) is 5.91 Å². The van der Waals surface area contributed by atoms with Crippen LogP contribution in [0.5, 0.6) is 0 Å². The summed E-state index contributed by atoms with van der Waals surface area (Å²) in [5.74, 6) is 0.175. The van der Waals surface area contributed by atoms with Crippen LogP contribution in [-0.4, -0.2) is 38.4 Å². The van der Waals surface area contributed by atoms with Gasteiger partial charge >= 0.3 is 5.97 Å². The second-order valence-electron chi connectivity index (χ2n) is 6.83. The van der Waals surface area contributed by atoms with E-state index < -0.39 is 5.97 Å². The monoisotopic (exact) mass is 374 g/mol. The topological polar surface area (TPSA) is 95.4 Å². The summed E-state index contributed by atoms with van der Waals surface area (Å²) >= 11 is 1.10. The Morgan fingerprint density at radius 2 is 2.19 bits per heavy atom. The molecule has 8 heteroatoms. The van der Waals surface area contributed by atoms with Gasteiger partial charge in [-0.3, -0.25) is 9.69 Å². The first-order valence-corrected chi connectivity index (χ1v) is 9.47. The highest BCUT2D eigenvalue weighted by Crippen LogP contribution is 2.23. The van der Waals surface area contributed by atoms with Crippen molar-refractivity contribution in [1.29, 1.82) is 0 Å². The van der Waals surface area contributed by atoms with Crippen LogP contribution in [0.25, 0.3) is 0 Å². The number of hydrogen-bond acceptors (Lipinski definition) is 6. The minimum atomic E-state index is -1.03. The van der Waals surface area contributed by atoms with Crippen molar-refractivity contribution in [3.63, 3.8) is 0 Å². The van der Waals surface area contributed by atoms with Gasteiger partial charge in [0.25, 0.3) is 0 Å². The summed E-state index contributed by atoms with van der Waals surface area (Å²) in [7, 11) is 0. The average molecular weight is 374 g/mol. The molecule has 0 saturated carbocycles. The van der Waals surface area contributed by atoms with E-state index in [-0.39, 0.29) is 10.8 Å². The van der Waals surface area contributed by atoms with Crippen LogP contribution in [0, 0.1) is 5.92 Å². The summed E-state index contributed by atoms with van der Waals surface area (Å²) in [5.41, 5.74) is 2.52. The molecule has 0 saturated heterocycles. The number of carboxylic acid groups (broad SMARTS) is 1. The normalized spacial score (nSPS) is 13.8. The number of thiophene rings is 1. The summed E-state index contributed by atoms with van der Waals surface area (Å²) in [6.07, 6.45) is 3.06. The van der Waals surface area contributed by atoms with Gasteiger partial charge in [-0.1, -0.05) is 13.8 Å². The van der Waals surface area contributed by atoms with E-state index in [4.69, 9.17) is 5.11 Å². The van der Waals surface area contributed by atoms with Crippen LogP contribution >= 0.6 is 11.3 Å². The predicted octanol–water partition coefficient (Wildman–Crippen LogP) is 2.78. The summed E-state index contributed by atoms with van der Waals surface area (Å²) < 4.78 is 0. The van der Waals surface area contributed by atoms with Gasteiger partial charge in [0.05, 0.1) is 11.4 Å². The van der Waals surface area contributed by atoms with E-state index in [9.17, 15) is 9.59 Å². The van der Waals surface area contributed by atoms with Crippen LogP contribution in [0.3, 0.4) is 0 Å². The van der Waals surface area contributed by atoms with Crippen LogP contribution in [0.15, 0.2) is 17.6 Å². The minimum absolute atomic E-state index is 0.153. The molecule has 26 heavy (non-hydrogen) atoms. The van der Waals surface area contributed by atoms with Crippen molar-refractivity contribution in [2.24, 2.45) is 5.92 Å². The molecule has 7 nitrogen and oxygen atoms in total. The maximum atomic E-state index is 12.1. The molecular weight excluding hydrogens is 352 g/mol. The second-order valence-corrected chi connectivity index (χ2v) is 7.75. The number of nitrogens with zero attached hydrogens (tertiary/aromatic N) is 3. The zero-order chi connectivity index (χ0) is 18.7. The number of rotatable bonds is 7. The lowest BCUT2D eigenvalue weighted by molar-refractivity contribution is -0.116. The maximum absolute atomic E-state index is 12.1. The Hall–Kier alpha value is -2.32. The second kappa shape index (κ2) is 7.92. The van der Waals surface area contributed by atoms with Crippen LogP contribution in [0.1, 0.15) is 47.0 Å². The number of carbonyl (C=O) groups is 2. The molecule has 0 fully saturated rings. The molecule has 0 aliphatic carbocycles. The van der Waals surface area contributed by atoms with Crippen molar-refractivity contribution in [3.05, 3.63) is 39.6 Å². The lowest BCUT2D eigenvalue weighted by Gasteiger charge is -2.13. The standard InChI is InChI=1S/C18H22N4O3S/c1-11(2)7-15-19-8-12-9-22(10-14(12)20-15)5-3-16(23)21-13-4-6-26-17(13)18(24)25/h4,6,8,11H,3,5,7,9-10H2,1-2H3,(H,21,23)(H,24,25). The number of amides is 1. The van der Waals surface area contributed by atoms with Crippen LogP contribution < -0.4 is 5.32 Å². The number of aromatic nitrogens is 2. The van der Waals surface area contributed by atoms with Crippen molar-refractivity contribution in [3.8, 4) is 0 Å². The SMILES string of the molecule is CC(C)Cc1ncc2c(n1)CN(CCC(=O)Nc1ccsc1C(=O)O)C2. The first kappa shape index (κ1) is 18.5. The number of aromatic carboxylic acids is 1. The molecule has 1 amide bonds. The Kier molecular flexibility index (Phi) is 5.63. The van der Waals surface area contributed by atoms with Gasteiger partial charge in [0.15, 0.2) is 0 Å². The molecule has 0 bridgehead atoms. The quantitative estimate of drug-likeness (QED) is 0.774. The van der Waals surface area contributed by atoms with Gasteiger partial charge < -0.3 is 10.4 Å². The van der Waals surface area contributed by atoms with E-state index >= 15 is 0 Å². The van der Waals surface area contributed by atoms with E-state index in [1.165, 1.54) is 0 Å².